The van der Waals surface area contributed by atoms with Crippen molar-refractivity contribution in [2.75, 3.05) is 5.75 Å². The number of nitrogens with zero attached hydrogens (tertiary/aromatic N) is 1. The third-order valence-corrected chi connectivity index (χ3v) is 8.90. The number of rotatable bonds is 11. The lowest BCUT2D eigenvalue weighted by Crippen LogP contribution is -2.37. The summed E-state index contributed by atoms with van der Waals surface area (Å²) in [6.45, 7) is 4.31. The van der Waals surface area contributed by atoms with Crippen LogP contribution >= 0.6 is 11.8 Å². The number of unbranched alkanes of at least 4 members (excludes halogenated alkanes) is 1. The number of carbonyl (C=O) groups is 1. The molecule has 0 aromatic carbocycles. The van der Waals surface area contributed by atoms with Crippen LogP contribution in [0.1, 0.15) is 97.3 Å². The second-order valence-electron chi connectivity index (χ2n) is 9.04. The second kappa shape index (κ2) is 11.4. The van der Waals surface area contributed by atoms with Crippen LogP contribution in [0.15, 0.2) is 0 Å². The van der Waals surface area contributed by atoms with E-state index in [-0.39, 0.29) is 16.4 Å². The van der Waals surface area contributed by atoms with Crippen molar-refractivity contribution >= 4 is 18.0 Å². The maximum atomic E-state index is 11.9. The Balaban J connectivity index is 1.99. The topological polar surface area (TPSA) is 60.2 Å². The summed E-state index contributed by atoms with van der Waals surface area (Å²) in [7, 11) is 0. The van der Waals surface area contributed by atoms with Crippen molar-refractivity contribution in [3.8, 4) is 0 Å². The maximum absolute atomic E-state index is 11.9. The summed E-state index contributed by atoms with van der Waals surface area (Å²) in [5.41, 5.74) is -0.198. The smallest absolute Gasteiger partial charge is 0.213 e. The van der Waals surface area contributed by atoms with E-state index in [0.29, 0.717) is 17.6 Å². The van der Waals surface area contributed by atoms with Gasteiger partial charge in [-0.3, -0.25) is 10.1 Å². The third kappa shape index (κ3) is 6.76. The predicted octanol–water partition coefficient (Wildman–Crippen LogP) is 6.29. The van der Waals surface area contributed by atoms with Crippen LogP contribution in [0.25, 0.3) is 0 Å². The number of thioether (sulfide) groups is 1. The minimum absolute atomic E-state index is 0.0439. The maximum Gasteiger partial charge on any atom is 0.213 e. The minimum atomic E-state index is -0.350. The van der Waals surface area contributed by atoms with E-state index in [1.165, 1.54) is 38.4 Å². The van der Waals surface area contributed by atoms with Crippen molar-refractivity contribution in [2.24, 2.45) is 17.3 Å². The summed E-state index contributed by atoms with van der Waals surface area (Å²) in [5, 5.41) is 11.9. The van der Waals surface area contributed by atoms with E-state index >= 15 is 0 Å². The van der Waals surface area contributed by atoms with Crippen molar-refractivity contribution < 1.29 is 9.72 Å². The van der Waals surface area contributed by atoms with Gasteiger partial charge in [-0.25, -0.2) is 0 Å². The first-order valence-electron chi connectivity index (χ1n) is 11.2. The van der Waals surface area contributed by atoms with E-state index < -0.39 is 0 Å². The fourth-order valence-corrected chi connectivity index (χ4v) is 6.81. The summed E-state index contributed by atoms with van der Waals surface area (Å²) in [4.78, 5) is 23.2. The molecule has 2 aliphatic rings. The zero-order valence-corrected chi connectivity index (χ0v) is 18.2. The number of nitro groups is 1. The Morgan fingerprint density at radius 2 is 1.89 bits per heavy atom. The van der Waals surface area contributed by atoms with Gasteiger partial charge in [0.15, 0.2) is 0 Å². The van der Waals surface area contributed by atoms with Gasteiger partial charge in [-0.1, -0.05) is 58.8 Å². The van der Waals surface area contributed by atoms with Gasteiger partial charge >= 0.3 is 0 Å². The lowest BCUT2D eigenvalue weighted by Gasteiger charge is -2.37. The normalized spacial score (nSPS) is 29.2. The Labute approximate surface area is 169 Å². The quantitative estimate of drug-likeness (QED) is 0.233. The van der Waals surface area contributed by atoms with E-state index in [1.54, 1.807) is 0 Å². The summed E-state index contributed by atoms with van der Waals surface area (Å²) < 4.78 is 0. The molecule has 4 atom stereocenters. The Morgan fingerprint density at radius 1 is 1.15 bits per heavy atom. The standard InChI is InChI=1S/C22H39NO3S/c1-3-5-13-22(4-2,16-24)17-27-21-12-11-20(23(25)26)15-19(21)14-18-9-7-6-8-10-18/h16,18-21H,3-15,17H2,1-2H3. The molecular weight excluding hydrogens is 358 g/mol. The van der Waals surface area contributed by atoms with E-state index in [4.69, 9.17) is 0 Å². The molecule has 2 rings (SSSR count). The van der Waals surface area contributed by atoms with Gasteiger partial charge in [-0.2, -0.15) is 11.8 Å². The van der Waals surface area contributed by atoms with E-state index in [0.717, 1.165) is 56.6 Å². The van der Waals surface area contributed by atoms with E-state index in [1.807, 2.05) is 11.8 Å². The fourth-order valence-electron chi connectivity index (χ4n) is 5.05. The molecule has 0 radical (unpaired) electrons. The Bertz CT molecular complexity index is 466. The fraction of sp³-hybridized carbons (Fsp3) is 0.955. The molecule has 0 amide bonds. The molecule has 0 spiro atoms. The highest BCUT2D eigenvalue weighted by molar-refractivity contribution is 8.00. The van der Waals surface area contributed by atoms with Crippen molar-refractivity contribution in [2.45, 2.75) is 109 Å². The number of aldehydes is 1. The molecule has 0 saturated heterocycles. The minimum Gasteiger partial charge on any atom is -0.303 e. The summed E-state index contributed by atoms with van der Waals surface area (Å²) in [5.74, 6) is 2.11. The third-order valence-electron chi connectivity index (χ3n) is 7.11. The van der Waals surface area contributed by atoms with Gasteiger partial charge in [-0.15, -0.1) is 0 Å². The predicted molar refractivity (Wildman–Crippen MR) is 114 cm³/mol. The van der Waals surface area contributed by atoms with Crippen LogP contribution in [0.3, 0.4) is 0 Å². The average molecular weight is 398 g/mol. The van der Waals surface area contributed by atoms with Crippen LogP contribution in [-0.4, -0.2) is 28.3 Å². The van der Waals surface area contributed by atoms with Gasteiger partial charge in [0.2, 0.25) is 6.04 Å². The van der Waals surface area contributed by atoms with Crippen molar-refractivity contribution in [1.29, 1.82) is 0 Å². The molecule has 0 heterocycles. The van der Waals surface area contributed by atoms with Crippen LogP contribution < -0.4 is 0 Å². The lowest BCUT2D eigenvalue weighted by molar-refractivity contribution is -0.527. The van der Waals surface area contributed by atoms with Gasteiger partial charge < -0.3 is 4.79 Å². The van der Waals surface area contributed by atoms with Gasteiger partial charge in [0.25, 0.3) is 0 Å². The molecule has 0 aromatic rings. The average Bonchev–Trinajstić information content (AvgIpc) is 2.70. The van der Waals surface area contributed by atoms with Crippen LogP contribution in [0.2, 0.25) is 0 Å². The monoisotopic (exact) mass is 397 g/mol. The number of carbonyl (C=O) groups excluding carboxylic acids is 1. The van der Waals surface area contributed by atoms with Crippen molar-refractivity contribution in [1.82, 2.24) is 0 Å². The number of hydrogen-bond acceptors (Lipinski definition) is 4. The highest BCUT2D eigenvalue weighted by atomic mass is 32.2. The SMILES string of the molecule is CCCCC(C=O)(CC)CSC1CCC([N+](=O)[O-])CC1CC1CCCCC1. The molecule has 0 N–H and O–H groups in total. The van der Waals surface area contributed by atoms with Crippen molar-refractivity contribution in [3.63, 3.8) is 0 Å². The van der Waals surface area contributed by atoms with Crippen LogP contribution in [-0.2, 0) is 4.79 Å². The first kappa shape index (κ1) is 22.7. The summed E-state index contributed by atoms with van der Waals surface area (Å²) in [6, 6.07) is -0.350. The molecule has 4 unspecified atom stereocenters. The Kier molecular flexibility index (Phi) is 9.61. The molecule has 27 heavy (non-hydrogen) atoms. The van der Waals surface area contributed by atoms with Gasteiger partial charge in [0.1, 0.15) is 6.29 Å². The molecule has 156 valence electrons. The second-order valence-corrected chi connectivity index (χ2v) is 10.3. The zero-order valence-electron chi connectivity index (χ0n) is 17.4. The zero-order chi connectivity index (χ0) is 19.7. The highest BCUT2D eigenvalue weighted by Gasteiger charge is 2.39. The first-order chi connectivity index (χ1) is 13.0. The molecule has 0 aromatic heterocycles. The largest absolute Gasteiger partial charge is 0.303 e. The summed E-state index contributed by atoms with van der Waals surface area (Å²) >= 11 is 1.96. The van der Waals surface area contributed by atoms with Crippen LogP contribution in [0, 0.1) is 27.4 Å². The molecular formula is C22H39NO3S. The van der Waals surface area contributed by atoms with Gasteiger partial charge in [-0.05, 0) is 37.5 Å². The van der Waals surface area contributed by atoms with Crippen LogP contribution in [0.5, 0.6) is 0 Å². The first-order valence-corrected chi connectivity index (χ1v) is 12.3. The molecule has 2 saturated carbocycles. The highest BCUT2D eigenvalue weighted by Crippen LogP contribution is 2.43. The molecule has 5 heteroatoms. The molecule has 4 nitrogen and oxygen atoms in total. The van der Waals surface area contributed by atoms with Gasteiger partial charge in [0.05, 0.1) is 0 Å². The van der Waals surface area contributed by atoms with Crippen molar-refractivity contribution in [3.05, 3.63) is 10.1 Å². The molecule has 0 aliphatic heterocycles. The van der Waals surface area contributed by atoms with Crippen LogP contribution in [0.4, 0.5) is 0 Å². The van der Waals surface area contributed by atoms with E-state index in [9.17, 15) is 14.9 Å². The lowest BCUT2D eigenvalue weighted by atomic mass is 9.76. The molecule has 2 fully saturated rings. The number of hydrogen-bond donors (Lipinski definition) is 0. The molecule has 0 bridgehead atoms. The Morgan fingerprint density at radius 3 is 2.48 bits per heavy atom. The van der Waals surface area contributed by atoms with Gasteiger partial charge in [0, 0.05) is 34.2 Å². The molecule has 2 aliphatic carbocycles. The van der Waals surface area contributed by atoms with E-state index in [2.05, 4.69) is 13.8 Å². The summed E-state index contributed by atoms with van der Waals surface area (Å²) in [6.07, 6.45) is 15.5. The Hall–Kier alpha value is -0.580.